The maximum atomic E-state index is 14.5. The number of rotatable bonds is 3. The summed E-state index contributed by atoms with van der Waals surface area (Å²) in [4.78, 5) is 16.4. The Morgan fingerprint density at radius 2 is 2.21 bits per heavy atom. The second kappa shape index (κ2) is 6.86. The van der Waals surface area contributed by atoms with Crippen molar-refractivity contribution in [1.29, 1.82) is 0 Å². The van der Waals surface area contributed by atoms with Crippen LogP contribution < -0.4 is 10.0 Å². The minimum Gasteiger partial charge on any atom is -0.477 e. The number of esters is 1. The Balaban J connectivity index is 2.18. The summed E-state index contributed by atoms with van der Waals surface area (Å²) in [6, 6.07) is 6.57. The van der Waals surface area contributed by atoms with E-state index in [1.54, 1.807) is 19.1 Å². The molecule has 126 valence electrons. The molecular weight excluding hydrogens is 328 g/mol. The zero-order valence-corrected chi connectivity index (χ0v) is 14.8. The maximum absolute atomic E-state index is 14.5. The molecule has 2 heterocycles. The van der Waals surface area contributed by atoms with Crippen LogP contribution in [0.25, 0.3) is 11.1 Å². The van der Waals surface area contributed by atoms with Crippen molar-refractivity contribution in [3.63, 3.8) is 0 Å². The Kier molecular flexibility index (Phi) is 4.81. The van der Waals surface area contributed by atoms with Crippen molar-refractivity contribution in [3.8, 4) is 17.0 Å². The van der Waals surface area contributed by atoms with Crippen LogP contribution in [0.4, 0.5) is 4.39 Å². The summed E-state index contributed by atoms with van der Waals surface area (Å²) < 4.78 is 25.2. The van der Waals surface area contributed by atoms with Crippen LogP contribution in [0.5, 0.6) is 5.88 Å². The molecule has 0 fully saturated rings. The van der Waals surface area contributed by atoms with Crippen LogP contribution >= 0.6 is 9.24 Å². The minimum absolute atomic E-state index is 0.134. The highest BCUT2D eigenvalue weighted by molar-refractivity contribution is 7.27. The molecule has 24 heavy (non-hydrogen) atoms. The van der Waals surface area contributed by atoms with Gasteiger partial charge in [-0.15, -0.1) is 9.24 Å². The van der Waals surface area contributed by atoms with Gasteiger partial charge < -0.3 is 9.47 Å². The summed E-state index contributed by atoms with van der Waals surface area (Å²) in [5, 5.41) is 0.759. The van der Waals surface area contributed by atoms with Gasteiger partial charge in [-0.1, -0.05) is 19.1 Å². The number of pyridine rings is 1. The number of carbonyl (C=O) groups excluding carboxylic acids is 1. The fraction of sp³-hybridized carbons (Fsp3) is 0.333. The van der Waals surface area contributed by atoms with Gasteiger partial charge >= 0.3 is 5.97 Å². The molecule has 1 aliphatic heterocycles. The van der Waals surface area contributed by atoms with Crippen molar-refractivity contribution in [1.82, 2.24) is 4.98 Å². The molecule has 0 amide bonds. The zero-order valence-electron chi connectivity index (χ0n) is 13.6. The van der Waals surface area contributed by atoms with E-state index in [9.17, 15) is 9.18 Å². The molecule has 0 saturated carbocycles. The van der Waals surface area contributed by atoms with E-state index in [4.69, 9.17) is 9.47 Å². The van der Waals surface area contributed by atoms with Crippen LogP contribution in [0, 0.1) is 11.7 Å². The van der Waals surface area contributed by atoms with Crippen molar-refractivity contribution in [3.05, 3.63) is 41.3 Å². The lowest BCUT2D eigenvalue weighted by molar-refractivity contribution is 0.0517. The summed E-state index contributed by atoms with van der Waals surface area (Å²) in [6.07, 6.45) is 0.725. The number of fused-ring (bicyclic) bond motifs is 1. The molecule has 1 aromatic carbocycles. The predicted molar refractivity (Wildman–Crippen MR) is 93.3 cm³/mol. The average Bonchev–Trinajstić information content (AvgIpc) is 2.54. The Morgan fingerprint density at radius 3 is 2.92 bits per heavy atom. The molecular formula is C18H19FNO3P. The molecule has 0 saturated heterocycles. The van der Waals surface area contributed by atoms with Gasteiger partial charge in [-0.3, -0.25) is 0 Å². The Morgan fingerprint density at radius 1 is 1.42 bits per heavy atom. The molecule has 4 nitrogen and oxygen atoms in total. The molecule has 0 aliphatic carbocycles. The van der Waals surface area contributed by atoms with Crippen LogP contribution in [-0.4, -0.2) is 24.2 Å². The summed E-state index contributed by atoms with van der Waals surface area (Å²) in [6.45, 7) is 4.57. The number of nitrogens with zero attached hydrogens (tertiary/aromatic N) is 1. The quantitative estimate of drug-likeness (QED) is 0.632. The lowest BCUT2D eigenvalue weighted by Gasteiger charge is -2.24. The molecule has 2 aromatic rings. The topological polar surface area (TPSA) is 48.4 Å². The largest absolute Gasteiger partial charge is 0.477 e. The predicted octanol–water partition coefficient (Wildman–Crippen LogP) is 3.14. The fourth-order valence-corrected chi connectivity index (χ4v) is 3.04. The van der Waals surface area contributed by atoms with Gasteiger partial charge in [0, 0.05) is 11.1 Å². The smallest absolute Gasteiger partial charge is 0.357 e. The van der Waals surface area contributed by atoms with Gasteiger partial charge in [-0.05, 0) is 42.3 Å². The van der Waals surface area contributed by atoms with Gasteiger partial charge in [-0.25, -0.2) is 14.2 Å². The molecule has 0 radical (unpaired) electrons. The van der Waals surface area contributed by atoms with Crippen molar-refractivity contribution in [2.75, 3.05) is 13.2 Å². The van der Waals surface area contributed by atoms with Crippen LogP contribution in [0.3, 0.4) is 0 Å². The van der Waals surface area contributed by atoms with Crippen molar-refractivity contribution < 1.29 is 18.7 Å². The first-order valence-electron chi connectivity index (χ1n) is 7.88. The molecule has 1 aliphatic rings. The highest BCUT2D eigenvalue weighted by Crippen LogP contribution is 2.36. The Labute approximate surface area is 142 Å². The number of benzene rings is 1. The second-order valence-electron chi connectivity index (χ2n) is 5.92. The third-order valence-corrected chi connectivity index (χ3v) is 4.27. The SMILES string of the molecule is CCOC(=O)c1cc(-c2ccc(P)cc2F)c2c(n1)OCC(C)C2. The minimum atomic E-state index is -0.535. The van der Waals surface area contributed by atoms with E-state index in [1.807, 2.05) is 6.07 Å². The lowest BCUT2D eigenvalue weighted by atomic mass is 9.92. The van der Waals surface area contributed by atoms with Crippen molar-refractivity contribution in [2.24, 2.45) is 5.92 Å². The Bertz CT molecular complexity index is 794. The van der Waals surface area contributed by atoms with E-state index in [1.165, 1.54) is 6.07 Å². The molecule has 0 bridgehead atoms. The van der Waals surface area contributed by atoms with E-state index < -0.39 is 5.97 Å². The normalized spacial score (nSPS) is 16.2. The van der Waals surface area contributed by atoms with Crippen LogP contribution in [-0.2, 0) is 11.2 Å². The first kappa shape index (κ1) is 16.8. The number of halogens is 1. The molecule has 6 heteroatoms. The summed E-state index contributed by atoms with van der Waals surface area (Å²) in [5.74, 6) is -0.186. The molecule has 3 rings (SSSR count). The number of carbonyl (C=O) groups is 1. The van der Waals surface area contributed by atoms with E-state index in [0.29, 0.717) is 29.5 Å². The van der Waals surface area contributed by atoms with E-state index in [2.05, 4.69) is 21.1 Å². The van der Waals surface area contributed by atoms with Crippen molar-refractivity contribution in [2.45, 2.75) is 20.3 Å². The van der Waals surface area contributed by atoms with E-state index in [0.717, 1.165) is 17.3 Å². The van der Waals surface area contributed by atoms with Gasteiger partial charge in [0.1, 0.15) is 5.82 Å². The van der Waals surface area contributed by atoms with E-state index in [-0.39, 0.29) is 18.1 Å². The average molecular weight is 347 g/mol. The van der Waals surface area contributed by atoms with Gasteiger partial charge in [0.25, 0.3) is 0 Å². The maximum Gasteiger partial charge on any atom is 0.357 e. The molecule has 0 spiro atoms. The number of ether oxygens (including phenoxy) is 2. The first-order chi connectivity index (χ1) is 11.5. The zero-order chi connectivity index (χ0) is 17.3. The lowest BCUT2D eigenvalue weighted by Crippen LogP contribution is -2.21. The molecule has 1 aromatic heterocycles. The van der Waals surface area contributed by atoms with Gasteiger partial charge in [0.05, 0.1) is 13.2 Å². The fourth-order valence-electron chi connectivity index (χ4n) is 2.79. The molecule has 0 N–H and O–H groups in total. The molecule has 2 unspecified atom stereocenters. The third-order valence-electron chi connectivity index (χ3n) is 3.91. The van der Waals surface area contributed by atoms with Crippen LogP contribution in [0.15, 0.2) is 24.3 Å². The van der Waals surface area contributed by atoms with Gasteiger partial charge in [0.15, 0.2) is 5.69 Å². The standard InChI is InChI=1S/C18H19FNO3P/c1-3-22-18(21)16-8-13(12-5-4-11(24)7-15(12)19)14-6-10(2)9-23-17(14)20-16/h4-5,7-8,10H,3,6,9,24H2,1-2H3. The van der Waals surface area contributed by atoms with E-state index >= 15 is 0 Å². The number of hydrogen-bond donors (Lipinski definition) is 0. The summed E-state index contributed by atoms with van der Waals surface area (Å²) >= 11 is 0. The Hall–Kier alpha value is -2.00. The van der Waals surface area contributed by atoms with Gasteiger partial charge in [0.2, 0.25) is 5.88 Å². The van der Waals surface area contributed by atoms with Gasteiger partial charge in [-0.2, -0.15) is 0 Å². The first-order valence-corrected chi connectivity index (χ1v) is 8.46. The highest BCUT2D eigenvalue weighted by Gasteiger charge is 2.25. The summed E-state index contributed by atoms with van der Waals surface area (Å²) in [5.41, 5.74) is 2.03. The van der Waals surface area contributed by atoms with Crippen LogP contribution in [0.1, 0.15) is 29.9 Å². The highest BCUT2D eigenvalue weighted by atomic mass is 31.0. The van der Waals surface area contributed by atoms with Crippen LogP contribution in [0.2, 0.25) is 0 Å². The summed E-state index contributed by atoms with van der Waals surface area (Å²) in [7, 11) is 2.47. The van der Waals surface area contributed by atoms with Crippen molar-refractivity contribution >= 4 is 20.5 Å². The monoisotopic (exact) mass is 347 g/mol. The molecule has 2 atom stereocenters. The second-order valence-corrected chi connectivity index (χ2v) is 6.59. The third kappa shape index (κ3) is 3.27. The number of hydrogen-bond acceptors (Lipinski definition) is 4. The number of aromatic nitrogens is 1.